The lowest BCUT2D eigenvalue weighted by Crippen LogP contribution is -2.19. The first kappa shape index (κ1) is 19.2. The lowest BCUT2D eigenvalue weighted by atomic mass is 9.94. The second-order valence-electron chi connectivity index (χ2n) is 7.22. The van der Waals surface area contributed by atoms with E-state index in [-0.39, 0.29) is 17.6 Å². The van der Waals surface area contributed by atoms with Crippen LogP contribution in [-0.4, -0.2) is 37.2 Å². The molecule has 2 atom stereocenters. The molecule has 0 radical (unpaired) electrons. The molecule has 1 aromatic carbocycles. The van der Waals surface area contributed by atoms with Crippen molar-refractivity contribution in [3.63, 3.8) is 0 Å². The van der Waals surface area contributed by atoms with Crippen LogP contribution in [0.25, 0.3) is 6.08 Å². The first-order valence-corrected chi connectivity index (χ1v) is 11.2. The van der Waals surface area contributed by atoms with Crippen LogP contribution in [0, 0.1) is 0 Å². The highest BCUT2D eigenvalue weighted by atomic mass is 32.2. The van der Waals surface area contributed by atoms with E-state index in [1.54, 1.807) is 12.1 Å². The van der Waals surface area contributed by atoms with Gasteiger partial charge < -0.3 is 9.84 Å². The maximum atomic E-state index is 12.3. The molecule has 0 aromatic heterocycles. The Bertz CT molecular complexity index is 820. The molecule has 1 saturated heterocycles. The Morgan fingerprint density at radius 3 is 2.81 bits per heavy atom. The molecule has 1 fully saturated rings. The molecule has 4 nitrogen and oxygen atoms in total. The van der Waals surface area contributed by atoms with Gasteiger partial charge >= 0.3 is 0 Å². The van der Waals surface area contributed by atoms with E-state index in [0.29, 0.717) is 6.61 Å². The molecule has 0 unspecified atom stereocenters. The Hall–Kier alpha value is -1.59. The van der Waals surface area contributed by atoms with E-state index in [1.807, 2.05) is 19.1 Å². The maximum Gasteiger partial charge on any atom is 0.163 e. The number of phenolic OH excluding ortho intramolecular Hbond substituents is 1. The SMILES string of the molecule is CCC/C(=C\c1cccc(O)c1)CC[C@H]1OC[C@H]2C1=C(CC)CS2(=O)=O. The second kappa shape index (κ2) is 7.97. The molecular weight excluding hydrogens is 348 g/mol. The van der Waals surface area contributed by atoms with Crippen molar-refractivity contribution >= 4 is 15.9 Å². The molecular formula is C21H28O4S. The zero-order valence-corrected chi connectivity index (χ0v) is 16.4. The van der Waals surface area contributed by atoms with Gasteiger partial charge in [0.1, 0.15) is 11.0 Å². The quantitative estimate of drug-likeness (QED) is 0.722. The topological polar surface area (TPSA) is 63.6 Å². The summed E-state index contributed by atoms with van der Waals surface area (Å²) in [7, 11) is -3.06. The average molecular weight is 377 g/mol. The van der Waals surface area contributed by atoms with Gasteiger partial charge in [-0.15, -0.1) is 0 Å². The van der Waals surface area contributed by atoms with Crippen molar-refractivity contribution in [2.24, 2.45) is 0 Å². The Labute approximate surface area is 156 Å². The molecule has 2 aliphatic rings. The minimum absolute atomic E-state index is 0.0725. The number of benzene rings is 1. The largest absolute Gasteiger partial charge is 0.508 e. The third-order valence-electron chi connectivity index (χ3n) is 5.33. The molecule has 1 N–H and O–H groups in total. The lowest BCUT2D eigenvalue weighted by molar-refractivity contribution is 0.117. The Morgan fingerprint density at radius 2 is 2.12 bits per heavy atom. The summed E-state index contributed by atoms with van der Waals surface area (Å²) in [5, 5.41) is 9.24. The number of rotatable bonds is 7. The van der Waals surface area contributed by atoms with Gasteiger partial charge in [-0.3, -0.25) is 0 Å². The highest BCUT2D eigenvalue weighted by Crippen LogP contribution is 2.39. The summed E-state index contributed by atoms with van der Waals surface area (Å²) in [5.41, 5.74) is 4.41. The van der Waals surface area contributed by atoms with Crippen LogP contribution in [0.1, 0.15) is 51.5 Å². The van der Waals surface area contributed by atoms with Gasteiger partial charge in [0.15, 0.2) is 9.84 Å². The van der Waals surface area contributed by atoms with Crippen LogP contribution in [-0.2, 0) is 14.6 Å². The van der Waals surface area contributed by atoms with Crippen molar-refractivity contribution in [2.45, 2.75) is 57.3 Å². The molecule has 0 aliphatic carbocycles. The van der Waals surface area contributed by atoms with Crippen molar-refractivity contribution < 1.29 is 18.3 Å². The van der Waals surface area contributed by atoms with E-state index in [1.165, 1.54) is 5.57 Å². The van der Waals surface area contributed by atoms with Crippen molar-refractivity contribution in [2.75, 3.05) is 12.4 Å². The van der Waals surface area contributed by atoms with Crippen LogP contribution in [0.2, 0.25) is 0 Å². The fourth-order valence-electron chi connectivity index (χ4n) is 4.07. The third kappa shape index (κ3) is 4.04. The standard InChI is InChI=1S/C21H28O4S/c1-3-6-15(11-16-7-5-8-18(22)12-16)9-10-19-21-17(4-2)14-26(23,24)20(21)13-25-19/h5,7-8,11-12,19-20,22H,3-4,6,9-10,13-14H2,1-2H3/b15-11+/t19-,20+/m1/s1. The monoisotopic (exact) mass is 376 g/mol. The lowest BCUT2D eigenvalue weighted by Gasteiger charge is -2.15. The highest BCUT2D eigenvalue weighted by molar-refractivity contribution is 7.92. The maximum absolute atomic E-state index is 12.3. The van der Waals surface area contributed by atoms with E-state index in [9.17, 15) is 13.5 Å². The van der Waals surface area contributed by atoms with Gasteiger partial charge in [-0.25, -0.2) is 8.42 Å². The molecule has 2 aliphatic heterocycles. The van der Waals surface area contributed by atoms with Gasteiger partial charge in [0.2, 0.25) is 0 Å². The van der Waals surface area contributed by atoms with Crippen molar-refractivity contribution in [1.82, 2.24) is 0 Å². The molecule has 0 saturated carbocycles. The minimum Gasteiger partial charge on any atom is -0.508 e. The first-order chi connectivity index (χ1) is 12.4. The second-order valence-corrected chi connectivity index (χ2v) is 9.40. The predicted molar refractivity (Wildman–Crippen MR) is 105 cm³/mol. The Morgan fingerprint density at radius 1 is 1.31 bits per heavy atom. The number of ether oxygens (including phenoxy) is 1. The van der Waals surface area contributed by atoms with Crippen LogP contribution < -0.4 is 0 Å². The summed E-state index contributed by atoms with van der Waals surface area (Å²) in [4.78, 5) is 0. The molecule has 26 heavy (non-hydrogen) atoms. The molecule has 0 spiro atoms. The van der Waals surface area contributed by atoms with Gasteiger partial charge in [-0.1, -0.05) is 49.6 Å². The summed E-state index contributed by atoms with van der Waals surface area (Å²) in [6.45, 7) is 4.49. The zero-order chi connectivity index (χ0) is 18.7. The number of aromatic hydroxyl groups is 1. The molecule has 1 aromatic rings. The number of phenols is 1. The molecule has 5 heteroatoms. The van der Waals surface area contributed by atoms with E-state index < -0.39 is 15.1 Å². The van der Waals surface area contributed by atoms with Crippen LogP contribution in [0.15, 0.2) is 41.0 Å². The van der Waals surface area contributed by atoms with Gasteiger partial charge in [-0.05, 0) is 49.0 Å². The molecule has 2 heterocycles. The average Bonchev–Trinajstić information content (AvgIpc) is 3.12. The van der Waals surface area contributed by atoms with E-state index in [4.69, 9.17) is 4.74 Å². The third-order valence-corrected chi connectivity index (χ3v) is 7.33. The van der Waals surface area contributed by atoms with Gasteiger partial charge in [0.05, 0.1) is 18.5 Å². The van der Waals surface area contributed by atoms with Crippen LogP contribution in [0.5, 0.6) is 5.75 Å². The summed E-state index contributed by atoms with van der Waals surface area (Å²) in [6.07, 6.45) is 6.58. The van der Waals surface area contributed by atoms with Crippen LogP contribution >= 0.6 is 0 Å². The van der Waals surface area contributed by atoms with Crippen LogP contribution in [0.3, 0.4) is 0 Å². The first-order valence-electron chi connectivity index (χ1n) is 9.48. The minimum atomic E-state index is -3.06. The summed E-state index contributed by atoms with van der Waals surface area (Å²) < 4.78 is 30.5. The number of hydrogen-bond acceptors (Lipinski definition) is 4. The summed E-state index contributed by atoms with van der Waals surface area (Å²) in [5.74, 6) is 0.482. The Balaban J connectivity index is 1.74. The number of sulfone groups is 1. The number of allylic oxidation sites excluding steroid dienone is 1. The molecule has 0 bridgehead atoms. The normalized spacial score (nSPS) is 24.9. The molecule has 0 amide bonds. The smallest absolute Gasteiger partial charge is 0.163 e. The fourth-order valence-corrected chi connectivity index (χ4v) is 6.12. The summed E-state index contributed by atoms with van der Waals surface area (Å²) in [6, 6.07) is 7.26. The zero-order valence-electron chi connectivity index (χ0n) is 15.6. The van der Waals surface area contributed by atoms with Gasteiger partial charge in [0.25, 0.3) is 0 Å². The van der Waals surface area contributed by atoms with Crippen molar-refractivity contribution in [3.05, 3.63) is 46.5 Å². The van der Waals surface area contributed by atoms with Crippen molar-refractivity contribution in [1.29, 1.82) is 0 Å². The highest BCUT2D eigenvalue weighted by Gasteiger charge is 2.46. The molecule has 142 valence electrons. The fraction of sp³-hybridized carbons (Fsp3) is 0.524. The number of hydrogen-bond donors (Lipinski definition) is 1. The summed E-state index contributed by atoms with van der Waals surface area (Å²) >= 11 is 0. The van der Waals surface area contributed by atoms with Gasteiger partial charge in [0, 0.05) is 0 Å². The predicted octanol–water partition coefficient (Wildman–Crippen LogP) is 4.26. The van der Waals surface area contributed by atoms with E-state index in [2.05, 4.69) is 13.0 Å². The van der Waals surface area contributed by atoms with Gasteiger partial charge in [-0.2, -0.15) is 0 Å². The number of fused-ring (bicyclic) bond motifs is 1. The van der Waals surface area contributed by atoms with Crippen LogP contribution in [0.4, 0.5) is 0 Å². The Kier molecular flexibility index (Phi) is 5.88. The van der Waals surface area contributed by atoms with E-state index >= 15 is 0 Å². The molecule has 3 rings (SSSR count). The van der Waals surface area contributed by atoms with Crippen molar-refractivity contribution in [3.8, 4) is 5.75 Å². The van der Waals surface area contributed by atoms with E-state index in [0.717, 1.165) is 48.8 Å².